The van der Waals surface area contributed by atoms with E-state index in [9.17, 15) is 0 Å². The van der Waals surface area contributed by atoms with Gasteiger partial charge in [0.15, 0.2) is 0 Å². The maximum absolute atomic E-state index is 6.48. The Morgan fingerprint density at radius 3 is 2.48 bits per heavy atom. The molecule has 2 aromatic rings. The number of nitrogens with one attached hydrogen (secondary N) is 1. The summed E-state index contributed by atoms with van der Waals surface area (Å²) in [4.78, 5) is 0. The number of hydrogen-bond acceptors (Lipinski definition) is 2. The molecule has 0 aliphatic carbocycles. The molecule has 0 spiro atoms. The van der Waals surface area contributed by atoms with Gasteiger partial charge in [0.05, 0.1) is 6.04 Å². The molecule has 1 atom stereocenters. The van der Waals surface area contributed by atoms with Gasteiger partial charge in [0, 0.05) is 11.4 Å². The second-order valence-corrected chi connectivity index (χ2v) is 5.91. The first kappa shape index (κ1) is 16.1. The number of hydrogen-bond donors (Lipinski definition) is 1. The maximum Gasteiger partial charge on any atom is 0.125 e. The van der Waals surface area contributed by atoms with E-state index in [4.69, 9.17) is 16.0 Å². The van der Waals surface area contributed by atoms with Gasteiger partial charge in [-0.1, -0.05) is 31.5 Å². The van der Waals surface area contributed by atoms with Crippen LogP contribution in [-0.2, 0) is 6.42 Å². The Kier molecular flexibility index (Phi) is 5.49. The summed E-state index contributed by atoms with van der Waals surface area (Å²) in [6, 6.07) is 8.31. The van der Waals surface area contributed by atoms with E-state index in [1.54, 1.807) is 0 Å². The molecule has 1 N–H and O–H groups in total. The molecule has 1 unspecified atom stereocenters. The molecule has 1 aromatic heterocycles. The fraction of sp³-hybridized carbons (Fsp3) is 0.444. The lowest BCUT2D eigenvalue weighted by Gasteiger charge is -2.19. The first-order valence-corrected chi connectivity index (χ1v) is 8.03. The second kappa shape index (κ2) is 7.15. The van der Waals surface area contributed by atoms with Gasteiger partial charge < -0.3 is 9.73 Å². The van der Waals surface area contributed by atoms with Crippen LogP contribution >= 0.6 is 11.6 Å². The highest BCUT2D eigenvalue weighted by atomic mass is 35.5. The van der Waals surface area contributed by atoms with E-state index in [1.807, 2.05) is 12.1 Å². The Morgan fingerprint density at radius 1 is 1.14 bits per heavy atom. The van der Waals surface area contributed by atoms with E-state index in [0.717, 1.165) is 41.5 Å². The van der Waals surface area contributed by atoms with Gasteiger partial charge in [-0.25, -0.2) is 0 Å². The monoisotopic (exact) mass is 305 g/mol. The quantitative estimate of drug-likeness (QED) is 0.793. The number of benzene rings is 1. The number of furan rings is 1. The molecule has 2 rings (SSSR count). The third-order valence-electron chi connectivity index (χ3n) is 3.84. The average molecular weight is 306 g/mol. The van der Waals surface area contributed by atoms with Crippen LogP contribution in [0.1, 0.15) is 54.5 Å². The van der Waals surface area contributed by atoms with Crippen molar-refractivity contribution in [3.05, 3.63) is 57.5 Å². The van der Waals surface area contributed by atoms with Crippen molar-refractivity contribution in [3.8, 4) is 0 Å². The van der Waals surface area contributed by atoms with Crippen molar-refractivity contribution in [2.24, 2.45) is 0 Å². The van der Waals surface area contributed by atoms with Crippen molar-refractivity contribution in [1.29, 1.82) is 0 Å². The number of rotatable bonds is 6. The Labute approximate surface area is 132 Å². The molecule has 114 valence electrons. The molecule has 0 bridgehead atoms. The highest BCUT2D eigenvalue weighted by molar-refractivity contribution is 6.31. The maximum atomic E-state index is 6.48. The van der Waals surface area contributed by atoms with Crippen molar-refractivity contribution in [2.75, 3.05) is 6.54 Å². The van der Waals surface area contributed by atoms with Gasteiger partial charge >= 0.3 is 0 Å². The van der Waals surface area contributed by atoms with E-state index >= 15 is 0 Å². The molecule has 0 saturated heterocycles. The second-order valence-electron chi connectivity index (χ2n) is 5.50. The molecular formula is C18H24ClNO. The van der Waals surface area contributed by atoms with Crippen molar-refractivity contribution < 1.29 is 4.42 Å². The molecule has 1 heterocycles. The fourth-order valence-corrected chi connectivity index (χ4v) is 2.74. The lowest BCUT2D eigenvalue weighted by atomic mass is 9.99. The molecule has 0 saturated carbocycles. The smallest absolute Gasteiger partial charge is 0.125 e. The van der Waals surface area contributed by atoms with Crippen LogP contribution in [0.4, 0.5) is 0 Å². The van der Waals surface area contributed by atoms with Crippen molar-refractivity contribution in [3.63, 3.8) is 0 Å². The number of halogens is 1. The van der Waals surface area contributed by atoms with Crippen LogP contribution in [-0.4, -0.2) is 6.54 Å². The van der Waals surface area contributed by atoms with Gasteiger partial charge in [-0.15, -0.1) is 0 Å². The first-order valence-electron chi connectivity index (χ1n) is 7.65. The summed E-state index contributed by atoms with van der Waals surface area (Å²) >= 11 is 6.48. The molecule has 0 aliphatic heterocycles. The molecule has 0 fully saturated rings. The average Bonchev–Trinajstić information content (AvgIpc) is 2.93. The van der Waals surface area contributed by atoms with Gasteiger partial charge in [-0.3, -0.25) is 0 Å². The Morgan fingerprint density at radius 2 is 1.86 bits per heavy atom. The Bertz CT molecular complexity index is 603. The standard InChI is InChI=1S/C18H24ClNO/c1-5-9-20-18(17-8-7-14(6-2)21-17)15-10-12(3)13(4)11-16(15)19/h7-8,10-11,18,20H,5-6,9H2,1-4H3. The summed E-state index contributed by atoms with van der Waals surface area (Å²) < 4.78 is 5.95. The van der Waals surface area contributed by atoms with E-state index in [0.29, 0.717) is 0 Å². The number of aryl methyl sites for hydroxylation is 3. The third kappa shape index (κ3) is 3.69. The van der Waals surface area contributed by atoms with Crippen LogP contribution in [0.15, 0.2) is 28.7 Å². The molecule has 21 heavy (non-hydrogen) atoms. The molecule has 0 radical (unpaired) electrons. The molecule has 0 amide bonds. The minimum absolute atomic E-state index is 0.0112. The van der Waals surface area contributed by atoms with Crippen LogP contribution in [0.2, 0.25) is 5.02 Å². The zero-order valence-corrected chi connectivity index (χ0v) is 14.1. The highest BCUT2D eigenvalue weighted by Crippen LogP contribution is 2.31. The minimum Gasteiger partial charge on any atom is -0.464 e. The van der Waals surface area contributed by atoms with E-state index in [2.05, 4.69) is 45.1 Å². The molecule has 3 heteroatoms. The van der Waals surface area contributed by atoms with Gasteiger partial charge in [-0.2, -0.15) is 0 Å². The summed E-state index contributed by atoms with van der Waals surface area (Å²) in [7, 11) is 0. The molecular weight excluding hydrogens is 282 g/mol. The lowest BCUT2D eigenvalue weighted by molar-refractivity contribution is 0.422. The van der Waals surface area contributed by atoms with Gasteiger partial charge in [-0.05, 0) is 61.7 Å². The van der Waals surface area contributed by atoms with Crippen LogP contribution in [0.3, 0.4) is 0 Å². The summed E-state index contributed by atoms with van der Waals surface area (Å²) in [6.45, 7) is 9.38. The van der Waals surface area contributed by atoms with E-state index in [-0.39, 0.29) is 6.04 Å². The van der Waals surface area contributed by atoms with Crippen molar-refractivity contribution >= 4 is 11.6 Å². The Hall–Kier alpha value is -1.25. The molecule has 2 nitrogen and oxygen atoms in total. The normalized spacial score (nSPS) is 12.6. The first-order chi connectivity index (χ1) is 10.1. The zero-order chi connectivity index (χ0) is 15.4. The van der Waals surface area contributed by atoms with Crippen LogP contribution < -0.4 is 5.32 Å². The zero-order valence-electron chi connectivity index (χ0n) is 13.3. The van der Waals surface area contributed by atoms with Crippen molar-refractivity contribution in [1.82, 2.24) is 5.32 Å². The van der Waals surface area contributed by atoms with Crippen LogP contribution in [0.25, 0.3) is 0 Å². The molecule has 1 aromatic carbocycles. The SMILES string of the molecule is CCCNC(c1ccc(CC)o1)c1cc(C)c(C)cc1Cl. The predicted molar refractivity (Wildman–Crippen MR) is 89.1 cm³/mol. The summed E-state index contributed by atoms with van der Waals surface area (Å²) in [5.41, 5.74) is 3.55. The van der Waals surface area contributed by atoms with Crippen LogP contribution in [0.5, 0.6) is 0 Å². The summed E-state index contributed by atoms with van der Waals surface area (Å²) in [5, 5.41) is 4.34. The lowest BCUT2D eigenvalue weighted by Crippen LogP contribution is -2.23. The van der Waals surface area contributed by atoms with Gasteiger partial charge in [0.25, 0.3) is 0 Å². The summed E-state index contributed by atoms with van der Waals surface area (Å²) in [6.07, 6.45) is 1.97. The van der Waals surface area contributed by atoms with E-state index < -0.39 is 0 Å². The largest absolute Gasteiger partial charge is 0.464 e. The van der Waals surface area contributed by atoms with Gasteiger partial charge in [0.2, 0.25) is 0 Å². The van der Waals surface area contributed by atoms with Crippen LogP contribution in [0, 0.1) is 13.8 Å². The van der Waals surface area contributed by atoms with Crippen molar-refractivity contribution in [2.45, 2.75) is 46.6 Å². The van der Waals surface area contributed by atoms with Gasteiger partial charge in [0.1, 0.15) is 11.5 Å². The highest BCUT2D eigenvalue weighted by Gasteiger charge is 2.20. The third-order valence-corrected chi connectivity index (χ3v) is 4.17. The molecule has 0 aliphatic rings. The van der Waals surface area contributed by atoms with E-state index in [1.165, 1.54) is 11.1 Å². The Balaban J connectivity index is 2.42. The minimum atomic E-state index is 0.0112. The topological polar surface area (TPSA) is 25.2 Å². The fourth-order valence-electron chi connectivity index (χ4n) is 2.42. The predicted octanol–water partition coefficient (Wildman–Crippen LogP) is 5.20. The summed E-state index contributed by atoms with van der Waals surface area (Å²) in [5.74, 6) is 1.94.